The highest BCUT2D eigenvalue weighted by atomic mass is 35.5. The van der Waals surface area contributed by atoms with E-state index in [0.29, 0.717) is 0 Å². The number of fused-ring (bicyclic) bond motifs is 1. The molecule has 0 bridgehead atoms. The van der Waals surface area contributed by atoms with Crippen molar-refractivity contribution in [3.05, 3.63) is 63.9 Å². The maximum atomic E-state index is 13.6. The van der Waals surface area contributed by atoms with Gasteiger partial charge in [0.2, 0.25) is 15.9 Å². The van der Waals surface area contributed by atoms with Gasteiger partial charge in [-0.15, -0.1) is 0 Å². The third kappa shape index (κ3) is 5.39. The summed E-state index contributed by atoms with van der Waals surface area (Å²) in [4.78, 5) is 13.1. The van der Waals surface area contributed by atoms with E-state index in [4.69, 9.17) is 11.6 Å². The normalized spacial score (nSPS) is 15.6. The Labute approximate surface area is 188 Å². The molecule has 1 amide bonds. The first-order chi connectivity index (χ1) is 14.6. The number of carbonyl (C=O) groups excluding carboxylic acids is 1. The monoisotopic (exact) mass is 466 g/mol. The molecule has 0 saturated heterocycles. The number of hydrogen-bond acceptors (Lipinski definition) is 3. The molecule has 1 N–H and O–H groups in total. The number of anilines is 1. The second kappa shape index (κ2) is 9.57. The van der Waals surface area contributed by atoms with Crippen molar-refractivity contribution < 1.29 is 17.6 Å². The lowest BCUT2D eigenvalue weighted by Crippen LogP contribution is -2.49. The van der Waals surface area contributed by atoms with Crippen molar-refractivity contribution in [1.29, 1.82) is 0 Å². The lowest BCUT2D eigenvalue weighted by atomic mass is 9.89. The summed E-state index contributed by atoms with van der Waals surface area (Å²) in [5.41, 5.74) is 3.81. The molecule has 2 aromatic carbocycles. The van der Waals surface area contributed by atoms with Crippen LogP contribution in [0.1, 0.15) is 55.8 Å². The van der Waals surface area contributed by atoms with Crippen LogP contribution in [0, 0.1) is 5.82 Å². The molecular formula is C23H28ClFN2O3S. The Bertz CT molecular complexity index is 1070. The van der Waals surface area contributed by atoms with E-state index in [2.05, 4.69) is 17.4 Å². The highest BCUT2D eigenvalue weighted by Gasteiger charge is 2.32. The van der Waals surface area contributed by atoms with E-state index in [1.54, 1.807) is 6.92 Å². The number of carbonyl (C=O) groups is 1. The fourth-order valence-electron chi connectivity index (χ4n) is 4.10. The minimum Gasteiger partial charge on any atom is -0.348 e. The Balaban J connectivity index is 1.85. The van der Waals surface area contributed by atoms with Crippen LogP contribution in [0.4, 0.5) is 10.1 Å². The molecule has 0 spiro atoms. The molecule has 0 fully saturated rings. The molecule has 1 aliphatic rings. The van der Waals surface area contributed by atoms with Gasteiger partial charge in [-0.2, -0.15) is 0 Å². The zero-order chi connectivity index (χ0) is 22.8. The van der Waals surface area contributed by atoms with Crippen LogP contribution in [0.25, 0.3) is 0 Å². The van der Waals surface area contributed by atoms with Crippen LogP contribution in [0.3, 0.4) is 0 Å². The molecule has 8 heteroatoms. The van der Waals surface area contributed by atoms with E-state index < -0.39 is 27.8 Å². The summed E-state index contributed by atoms with van der Waals surface area (Å²) >= 11 is 5.86. The van der Waals surface area contributed by atoms with Gasteiger partial charge in [0.25, 0.3) is 0 Å². The third-order valence-corrected chi connectivity index (χ3v) is 7.19. The van der Waals surface area contributed by atoms with Crippen LogP contribution in [0.2, 0.25) is 5.02 Å². The molecule has 168 valence electrons. The van der Waals surface area contributed by atoms with Gasteiger partial charge in [-0.05, 0) is 73.9 Å². The van der Waals surface area contributed by atoms with Crippen LogP contribution in [0.5, 0.6) is 0 Å². The number of nitrogens with one attached hydrogen (secondary N) is 1. The third-order valence-electron chi connectivity index (χ3n) is 5.72. The molecule has 0 heterocycles. The summed E-state index contributed by atoms with van der Waals surface area (Å²) in [5.74, 6) is -1.07. The molecule has 5 nitrogen and oxygen atoms in total. The molecule has 3 rings (SSSR count). The van der Waals surface area contributed by atoms with E-state index in [1.165, 1.54) is 36.1 Å². The molecule has 1 aliphatic carbocycles. The Hall–Kier alpha value is -2.12. The van der Waals surface area contributed by atoms with E-state index in [9.17, 15) is 17.6 Å². The zero-order valence-corrected chi connectivity index (χ0v) is 19.6. The van der Waals surface area contributed by atoms with E-state index in [0.717, 1.165) is 35.0 Å². The first kappa shape index (κ1) is 23.5. The van der Waals surface area contributed by atoms with Gasteiger partial charge >= 0.3 is 0 Å². The maximum Gasteiger partial charge on any atom is 0.244 e. The van der Waals surface area contributed by atoms with E-state index >= 15 is 0 Å². The standard InChI is InChI=1S/C23H28ClFN2O3S/c1-4-22(27(31(3,29)30)19-11-12-21(25)20(24)14-19)23(28)26-15(2)17-10-9-16-7-5-6-8-18(16)13-17/h9-15,22H,4-8H2,1-3H3,(H,26,28)/t15-,22-/m1/s1. The predicted octanol–water partition coefficient (Wildman–Crippen LogP) is 4.78. The lowest BCUT2D eigenvalue weighted by Gasteiger charge is -2.31. The molecule has 31 heavy (non-hydrogen) atoms. The van der Waals surface area contributed by atoms with Crippen molar-refractivity contribution >= 4 is 33.2 Å². The molecular weight excluding hydrogens is 439 g/mol. The predicted molar refractivity (Wildman–Crippen MR) is 122 cm³/mol. The number of nitrogens with zero attached hydrogens (tertiary/aromatic N) is 1. The Morgan fingerprint density at radius 2 is 1.84 bits per heavy atom. The highest BCUT2D eigenvalue weighted by Crippen LogP contribution is 2.28. The lowest BCUT2D eigenvalue weighted by molar-refractivity contribution is -0.122. The number of sulfonamides is 1. The minimum atomic E-state index is -3.83. The summed E-state index contributed by atoms with van der Waals surface area (Å²) < 4.78 is 39.7. The SMILES string of the molecule is CC[C@H](C(=O)N[C@H](C)c1ccc2c(c1)CCCC2)N(c1ccc(F)c(Cl)c1)S(C)(=O)=O. The van der Waals surface area contributed by atoms with Crippen LogP contribution in [-0.2, 0) is 27.7 Å². The topological polar surface area (TPSA) is 66.5 Å². The summed E-state index contributed by atoms with van der Waals surface area (Å²) in [6.45, 7) is 3.62. The van der Waals surface area contributed by atoms with Crippen LogP contribution in [0.15, 0.2) is 36.4 Å². The van der Waals surface area contributed by atoms with Gasteiger partial charge in [0.1, 0.15) is 11.9 Å². The van der Waals surface area contributed by atoms with Crippen LogP contribution >= 0.6 is 11.6 Å². The van der Waals surface area contributed by atoms with E-state index in [-0.39, 0.29) is 23.2 Å². The Morgan fingerprint density at radius 1 is 1.16 bits per heavy atom. The zero-order valence-electron chi connectivity index (χ0n) is 18.0. The Kier molecular flexibility index (Phi) is 7.27. The number of hydrogen-bond donors (Lipinski definition) is 1. The number of aryl methyl sites for hydroxylation is 2. The van der Waals surface area contributed by atoms with Gasteiger partial charge in [0.05, 0.1) is 23.0 Å². The molecule has 0 radical (unpaired) electrons. The number of amides is 1. The molecule has 2 aromatic rings. The van der Waals surface area contributed by atoms with Gasteiger partial charge in [-0.1, -0.05) is 36.7 Å². The quantitative estimate of drug-likeness (QED) is 0.638. The van der Waals surface area contributed by atoms with Crippen molar-refractivity contribution in [3.8, 4) is 0 Å². The molecule has 0 aliphatic heterocycles. The van der Waals surface area contributed by atoms with Crippen LogP contribution in [-0.4, -0.2) is 26.6 Å². The fourth-order valence-corrected chi connectivity index (χ4v) is 5.48. The first-order valence-corrected chi connectivity index (χ1v) is 12.7. The fraction of sp³-hybridized carbons (Fsp3) is 0.435. The van der Waals surface area contributed by atoms with Crippen molar-refractivity contribution in [1.82, 2.24) is 5.32 Å². The summed E-state index contributed by atoms with van der Waals surface area (Å²) in [5, 5.41) is 2.75. The van der Waals surface area contributed by atoms with Crippen molar-refractivity contribution in [2.45, 2.75) is 58.0 Å². The highest BCUT2D eigenvalue weighted by molar-refractivity contribution is 7.92. The van der Waals surface area contributed by atoms with Crippen molar-refractivity contribution in [3.63, 3.8) is 0 Å². The Morgan fingerprint density at radius 3 is 2.45 bits per heavy atom. The summed E-state index contributed by atoms with van der Waals surface area (Å²) in [6, 6.07) is 8.62. The van der Waals surface area contributed by atoms with Gasteiger partial charge in [0, 0.05) is 0 Å². The first-order valence-electron chi connectivity index (χ1n) is 10.5. The van der Waals surface area contributed by atoms with E-state index in [1.807, 2.05) is 13.0 Å². The minimum absolute atomic E-state index is 0.150. The van der Waals surface area contributed by atoms with Crippen molar-refractivity contribution in [2.75, 3.05) is 10.6 Å². The second-order valence-electron chi connectivity index (χ2n) is 8.05. The maximum absolute atomic E-state index is 13.6. The van der Waals surface area contributed by atoms with Gasteiger partial charge in [-0.3, -0.25) is 9.10 Å². The molecule has 0 aromatic heterocycles. The van der Waals surface area contributed by atoms with Gasteiger partial charge in [0.15, 0.2) is 0 Å². The summed E-state index contributed by atoms with van der Waals surface area (Å²) in [6.07, 6.45) is 5.74. The number of halogens is 2. The number of benzene rings is 2. The molecule has 2 atom stereocenters. The average Bonchev–Trinajstić information content (AvgIpc) is 2.72. The van der Waals surface area contributed by atoms with Crippen molar-refractivity contribution in [2.24, 2.45) is 0 Å². The largest absolute Gasteiger partial charge is 0.348 e. The number of rotatable bonds is 7. The van der Waals surface area contributed by atoms with Crippen LogP contribution < -0.4 is 9.62 Å². The molecule has 0 saturated carbocycles. The average molecular weight is 467 g/mol. The second-order valence-corrected chi connectivity index (χ2v) is 10.3. The summed E-state index contributed by atoms with van der Waals surface area (Å²) in [7, 11) is -3.83. The van der Waals surface area contributed by atoms with Gasteiger partial charge in [-0.25, -0.2) is 12.8 Å². The molecule has 0 unspecified atom stereocenters. The smallest absolute Gasteiger partial charge is 0.244 e. The van der Waals surface area contributed by atoms with Gasteiger partial charge < -0.3 is 5.32 Å².